The molecule has 0 aromatic carbocycles. The van der Waals surface area contributed by atoms with Crippen LogP contribution >= 0.6 is 0 Å². The fourth-order valence-corrected chi connectivity index (χ4v) is 3.47. The lowest BCUT2D eigenvalue weighted by molar-refractivity contribution is 0.140. The average molecular weight is 280 g/mol. The SMILES string of the molecule is CCCNCC(C)(CCC)CN(CC1CC1)CC1CC1. The first-order valence-corrected chi connectivity index (χ1v) is 9.08. The van der Waals surface area contributed by atoms with Crippen molar-refractivity contribution in [2.75, 3.05) is 32.7 Å². The molecule has 0 aromatic rings. The van der Waals surface area contributed by atoms with Crippen LogP contribution in [0.3, 0.4) is 0 Å². The van der Waals surface area contributed by atoms with Gasteiger partial charge in [0.25, 0.3) is 0 Å². The van der Waals surface area contributed by atoms with Crippen molar-refractivity contribution in [3.05, 3.63) is 0 Å². The largest absolute Gasteiger partial charge is 0.316 e. The molecule has 20 heavy (non-hydrogen) atoms. The minimum absolute atomic E-state index is 0.466. The molecule has 0 radical (unpaired) electrons. The summed E-state index contributed by atoms with van der Waals surface area (Å²) in [6.45, 7) is 13.5. The van der Waals surface area contributed by atoms with E-state index in [0.717, 1.165) is 11.8 Å². The third-order valence-electron chi connectivity index (χ3n) is 4.86. The number of rotatable bonds is 12. The molecule has 0 heterocycles. The van der Waals surface area contributed by atoms with Gasteiger partial charge in [0.05, 0.1) is 0 Å². The first kappa shape index (κ1) is 16.3. The van der Waals surface area contributed by atoms with Crippen LogP contribution < -0.4 is 5.32 Å². The molecule has 2 nitrogen and oxygen atoms in total. The van der Waals surface area contributed by atoms with E-state index in [1.54, 1.807) is 0 Å². The molecule has 0 bridgehead atoms. The van der Waals surface area contributed by atoms with Gasteiger partial charge in [-0.2, -0.15) is 0 Å². The quantitative estimate of drug-likeness (QED) is 0.545. The van der Waals surface area contributed by atoms with Gasteiger partial charge in [0.1, 0.15) is 0 Å². The highest BCUT2D eigenvalue weighted by Gasteiger charge is 2.33. The number of nitrogens with one attached hydrogen (secondary N) is 1. The maximum absolute atomic E-state index is 3.68. The molecule has 2 aliphatic rings. The van der Waals surface area contributed by atoms with Crippen LogP contribution in [-0.4, -0.2) is 37.6 Å². The summed E-state index contributed by atoms with van der Waals surface area (Å²) in [6.07, 6.45) is 9.86. The van der Waals surface area contributed by atoms with Gasteiger partial charge in [-0.1, -0.05) is 27.2 Å². The Labute approximate surface area is 126 Å². The van der Waals surface area contributed by atoms with E-state index in [2.05, 4.69) is 31.0 Å². The van der Waals surface area contributed by atoms with E-state index in [9.17, 15) is 0 Å². The fourth-order valence-electron chi connectivity index (χ4n) is 3.47. The Morgan fingerprint density at radius 1 is 1.00 bits per heavy atom. The Morgan fingerprint density at radius 2 is 1.60 bits per heavy atom. The highest BCUT2D eigenvalue weighted by Crippen LogP contribution is 2.35. The summed E-state index contributed by atoms with van der Waals surface area (Å²) in [5.74, 6) is 2.06. The molecular formula is C18H36N2. The molecule has 0 saturated heterocycles. The van der Waals surface area contributed by atoms with Gasteiger partial charge >= 0.3 is 0 Å². The summed E-state index contributed by atoms with van der Waals surface area (Å²) in [4.78, 5) is 2.82. The van der Waals surface area contributed by atoms with Crippen LogP contribution in [0.15, 0.2) is 0 Å². The maximum Gasteiger partial charge on any atom is 0.00477 e. The standard InChI is InChI=1S/C18H36N2/c1-4-10-18(3,14-19-11-5-2)15-20(12-16-6-7-16)13-17-8-9-17/h16-17,19H,4-15H2,1-3H3. The number of hydrogen-bond acceptors (Lipinski definition) is 2. The van der Waals surface area contributed by atoms with Gasteiger partial charge in [0.15, 0.2) is 0 Å². The maximum atomic E-state index is 3.68. The van der Waals surface area contributed by atoms with E-state index in [4.69, 9.17) is 0 Å². The lowest BCUT2D eigenvalue weighted by Gasteiger charge is -2.36. The smallest absolute Gasteiger partial charge is 0.00477 e. The van der Waals surface area contributed by atoms with Crippen molar-refractivity contribution in [2.24, 2.45) is 17.3 Å². The monoisotopic (exact) mass is 280 g/mol. The van der Waals surface area contributed by atoms with Crippen molar-refractivity contribution >= 4 is 0 Å². The second-order valence-electron chi connectivity index (χ2n) is 7.82. The van der Waals surface area contributed by atoms with E-state index in [0.29, 0.717) is 5.41 Å². The van der Waals surface area contributed by atoms with Crippen LogP contribution in [0.5, 0.6) is 0 Å². The van der Waals surface area contributed by atoms with E-state index in [-0.39, 0.29) is 0 Å². The van der Waals surface area contributed by atoms with Crippen molar-refractivity contribution in [1.29, 1.82) is 0 Å². The number of hydrogen-bond donors (Lipinski definition) is 1. The second kappa shape index (κ2) is 7.79. The van der Waals surface area contributed by atoms with E-state index in [1.807, 2.05) is 0 Å². The third-order valence-corrected chi connectivity index (χ3v) is 4.86. The summed E-state index contributed by atoms with van der Waals surface area (Å²) >= 11 is 0. The summed E-state index contributed by atoms with van der Waals surface area (Å²) in [7, 11) is 0. The van der Waals surface area contributed by atoms with Crippen molar-refractivity contribution < 1.29 is 0 Å². The zero-order chi connectivity index (χ0) is 14.4. The molecule has 2 heteroatoms. The Bertz CT molecular complexity index is 257. The predicted molar refractivity (Wildman–Crippen MR) is 88.1 cm³/mol. The van der Waals surface area contributed by atoms with Crippen LogP contribution in [0.4, 0.5) is 0 Å². The molecule has 1 unspecified atom stereocenters. The van der Waals surface area contributed by atoms with Crippen molar-refractivity contribution in [3.63, 3.8) is 0 Å². The van der Waals surface area contributed by atoms with E-state index >= 15 is 0 Å². The van der Waals surface area contributed by atoms with Crippen LogP contribution in [0, 0.1) is 17.3 Å². The van der Waals surface area contributed by atoms with Gasteiger partial charge in [-0.15, -0.1) is 0 Å². The van der Waals surface area contributed by atoms with Gasteiger partial charge in [0.2, 0.25) is 0 Å². The Hall–Kier alpha value is -0.0800. The van der Waals surface area contributed by atoms with Crippen molar-refractivity contribution in [2.45, 2.75) is 65.7 Å². The van der Waals surface area contributed by atoms with E-state index in [1.165, 1.54) is 77.7 Å². The molecule has 118 valence electrons. The molecule has 0 spiro atoms. The van der Waals surface area contributed by atoms with Crippen LogP contribution in [-0.2, 0) is 0 Å². The molecule has 2 rings (SSSR count). The van der Waals surface area contributed by atoms with Gasteiger partial charge < -0.3 is 10.2 Å². The molecule has 2 aliphatic carbocycles. The molecule has 0 aromatic heterocycles. The highest BCUT2D eigenvalue weighted by atomic mass is 15.1. The minimum Gasteiger partial charge on any atom is -0.316 e. The lowest BCUT2D eigenvalue weighted by Crippen LogP contribution is -2.44. The highest BCUT2D eigenvalue weighted by molar-refractivity contribution is 4.87. The lowest BCUT2D eigenvalue weighted by atomic mass is 9.84. The Kier molecular flexibility index (Phi) is 6.35. The zero-order valence-electron chi connectivity index (χ0n) is 14.1. The average Bonchev–Trinajstić information content (AvgIpc) is 3.26. The van der Waals surface area contributed by atoms with Crippen LogP contribution in [0.1, 0.15) is 65.7 Å². The second-order valence-corrected chi connectivity index (χ2v) is 7.82. The first-order chi connectivity index (χ1) is 9.65. The molecule has 2 fully saturated rings. The van der Waals surface area contributed by atoms with E-state index < -0.39 is 0 Å². The molecule has 0 amide bonds. The molecular weight excluding hydrogens is 244 g/mol. The predicted octanol–water partition coefficient (Wildman–Crippen LogP) is 3.91. The normalized spacial score (nSPS) is 22.2. The Balaban J connectivity index is 1.83. The van der Waals surface area contributed by atoms with Gasteiger partial charge in [-0.25, -0.2) is 0 Å². The summed E-state index contributed by atoms with van der Waals surface area (Å²) in [5, 5.41) is 3.68. The third kappa shape index (κ3) is 6.13. The molecule has 2 saturated carbocycles. The summed E-state index contributed by atoms with van der Waals surface area (Å²) in [5.41, 5.74) is 0.466. The fraction of sp³-hybridized carbons (Fsp3) is 1.00. The zero-order valence-corrected chi connectivity index (χ0v) is 14.1. The Morgan fingerprint density at radius 3 is 2.05 bits per heavy atom. The van der Waals surface area contributed by atoms with Crippen molar-refractivity contribution in [3.8, 4) is 0 Å². The van der Waals surface area contributed by atoms with Crippen LogP contribution in [0.2, 0.25) is 0 Å². The van der Waals surface area contributed by atoms with Gasteiger partial charge in [0, 0.05) is 26.2 Å². The summed E-state index contributed by atoms with van der Waals surface area (Å²) in [6, 6.07) is 0. The molecule has 0 aliphatic heterocycles. The molecule has 1 N–H and O–H groups in total. The molecule has 1 atom stereocenters. The van der Waals surface area contributed by atoms with Gasteiger partial charge in [-0.05, 0) is 62.3 Å². The first-order valence-electron chi connectivity index (χ1n) is 9.08. The van der Waals surface area contributed by atoms with Crippen molar-refractivity contribution in [1.82, 2.24) is 10.2 Å². The topological polar surface area (TPSA) is 15.3 Å². The van der Waals surface area contributed by atoms with Crippen LogP contribution in [0.25, 0.3) is 0 Å². The van der Waals surface area contributed by atoms with Gasteiger partial charge in [-0.3, -0.25) is 0 Å². The number of nitrogens with zero attached hydrogens (tertiary/aromatic N) is 1. The summed E-state index contributed by atoms with van der Waals surface area (Å²) < 4.78 is 0. The minimum atomic E-state index is 0.466.